The molecule has 3 aromatic rings. The van der Waals surface area contributed by atoms with Gasteiger partial charge >= 0.3 is 0 Å². The molecular formula is C20H20BrN3O5S. The molecule has 0 aliphatic heterocycles. The van der Waals surface area contributed by atoms with Crippen LogP contribution in [-0.4, -0.2) is 32.6 Å². The van der Waals surface area contributed by atoms with Gasteiger partial charge < -0.3 is 14.2 Å². The average molecular weight is 494 g/mol. The van der Waals surface area contributed by atoms with Crippen LogP contribution >= 0.6 is 15.9 Å². The molecule has 3 rings (SSSR count). The lowest BCUT2D eigenvalue weighted by Crippen LogP contribution is -2.15. The van der Waals surface area contributed by atoms with Gasteiger partial charge in [-0.15, -0.1) is 0 Å². The largest absolute Gasteiger partial charge is 0.497 e. The zero-order valence-electron chi connectivity index (χ0n) is 16.5. The monoisotopic (exact) mass is 493 g/mol. The van der Waals surface area contributed by atoms with E-state index in [0.717, 1.165) is 11.1 Å². The van der Waals surface area contributed by atoms with Crippen LogP contribution in [0.3, 0.4) is 0 Å². The Labute approximate surface area is 183 Å². The second-order valence-electron chi connectivity index (χ2n) is 6.27. The Hall–Kier alpha value is -2.85. The Balaban J connectivity index is 1.85. The van der Waals surface area contributed by atoms with E-state index in [1.807, 2.05) is 6.92 Å². The molecule has 1 aromatic heterocycles. The minimum atomic E-state index is -3.86. The molecule has 0 bridgehead atoms. The zero-order valence-corrected chi connectivity index (χ0v) is 19.0. The number of benzene rings is 2. The van der Waals surface area contributed by atoms with Gasteiger partial charge in [0.1, 0.15) is 22.7 Å². The standard InChI is InChI=1S/C20H20BrN3O5S/c1-13-4-6-17(7-5-13)30(25,26)24-19-20(23-18(21)11-22-19)29-12-14-8-15(27-2)10-16(9-14)28-3/h4-11H,12H2,1-3H3,(H,22,24). The van der Waals surface area contributed by atoms with Crippen LogP contribution in [0.15, 0.2) is 58.2 Å². The average Bonchev–Trinajstić information content (AvgIpc) is 2.73. The van der Waals surface area contributed by atoms with Crippen molar-refractivity contribution >= 4 is 31.8 Å². The number of halogens is 1. The number of nitrogens with one attached hydrogen (secondary N) is 1. The van der Waals surface area contributed by atoms with Crippen molar-refractivity contribution in [2.75, 3.05) is 18.9 Å². The number of aryl methyl sites for hydroxylation is 1. The molecule has 0 saturated carbocycles. The molecule has 0 atom stereocenters. The Kier molecular flexibility index (Phi) is 6.78. The normalized spacial score (nSPS) is 11.1. The zero-order chi connectivity index (χ0) is 21.7. The van der Waals surface area contributed by atoms with E-state index in [-0.39, 0.29) is 23.2 Å². The van der Waals surface area contributed by atoms with Crippen LogP contribution in [0.5, 0.6) is 17.4 Å². The van der Waals surface area contributed by atoms with Gasteiger partial charge in [-0.05, 0) is 52.7 Å². The number of anilines is 1. The van der Waals surface area contributed by atoms with Crippen molar-refractivity contribution in [3.63, 3.8) is 0 Å². The van der Waals surface area contributed by atoms with Crippen molar-refractivity contribution in [1.82, 2.24) is 9.97 Å². The molecular weight excluding hydrogens is 474 g/mol. The molecule has 0 fully saturated rings. The number of aromatic nitrogens is 2. The van der Waals surface area contributed by atoms with Gasteiger partial charge in [0.05, 0.1) is 25.3 Å². The molecule has 2 aromatic carbocycles. The van der Waals surface area contributed by atoms with Crippen LogP contribution < -0.4 is 18.9 Å². The van der Waals surface area contributed by atoms with Gasteiger partial charge in [0, 0.05) is 6.07 Å². The summed E-state index contributed by atoms with van der Waals surface area (Å²) in [7, 11) is -0.752. The second-order valence-corrected chi connectivity index (χ2v) is 8.77. The number of hydrogen-bond donors (Lipinski definition) is 1. The maximum absolute atomic E-state index is 12.7. The lowest BCUT2D eigenvalue weighted by molar-refractivity contribution is 0.292. The topological polar surface area (TPSA) is 99.6 Å². The van der Waals surface area contributed by atoms with E-state index in [4.69, 9.17) is 14.2 Å². The van der Waals surface area contributed by atoms with Crippen LogP contribution in [0.2, 0.25) is 0 Å². The summed E-state index contributed by atoms with van der Waals surface area (Å²) in [6, 6.07) is 11.8. The third kappa shape index (κ3) is 5.39. The van der Waals surface area contributed by atoms with Gasteiger partial charge in [0.25, 0.3) is 15.9 Å². The smallest absolute Gasteiger partial charge is 0.263 e. The highest BCUT2D eigenvalue weighted by atomic mass is 79.9. The molecule has 0 saturated heterocycles. The summed E-state index contributed by atoms with van der Waals surface area (Å²) in [6.07, 6.45) is 1.38. The Morgan fingerprint density at radius 2 is 1.67 bits per heavy atom. The Bertz CT molecular complexity index is 1120. The minimum absolute atomic E-state index is 0.0198. The van der Waals surface area contributed by atoms with Crippen molar-refractivity contribution in [2.45, 2.75) is 18.4 Å². The predicted molar refractivity (Wildman–Crippen MR) is 116 cm³/mol. The van der Waals surface area contributed by atoms with Crippen LogP contribution in [-0.2, 0) is 16.6 Å². The maximum Gasteiger partial charge on any atom is 0.263 e. The van der Waals surface area contributed by atoms with E-state index in [9.17, 15) is 8.42 Å². The molecule has 0 amide bonds. The predicted octanol–water partition coefficient (Wildman–Crippen LogP) is 3.94. The molecule has 1 N–H and O–H groups in total. The number of rotatable bonds is 8. The highest BCUT2D eigenvalue weighted by molar-refractivity contribution is 9.10. The van der Waals surface area contributed by atoms with Crippen LogP contribution in [0, 0.1) is 6.92 Å². The molecule has 30 heavy (non-hydrogen) atoms. The summed E-state index contributed by atoms with van der Waals surface area (Å²) in [4.78, 5) is 8.43. The Morgan fingerprint density at radius 3 is 2.27 bits per heavy atom. The van der Waals surface area contributed by atoms with Crippen molar-refractivity contribution in [3.05, 3.63) is 64.4 Å². The number of methoxy groups -OCH3 is 2. The molecule has 0 aliphatic carbocycles. The first kappa shape index (κ1) is 21.8. The third-order valence-electron chi connectivity index (χ3n) is 4.06. The van der Waals surface area contributed by atoms with Gasteiger partial charge in [-0.2, -0.15) is 0 Å². The summed E-state index contributed by atoms with van der Waals surface area (Å²) >= 11 is 3.23. The second kappa shape index (κ2) is 9.31. The van der Waals surface area contributed by atoms with Crippen LogP contribution in [0.4, 0.5) is 5.82 Å². The van der Waals surface area contributed by atoms with Gasteiger partial charge in [-0.3, -0.25) is 4.72 Å². The van der Waals surface area contributed by atoms with E-state index in [0.29, 0.717) is 16.1 Å². The van der Waals surface area contributed by atoms with Gasteiger partial charge in [0.2, 0.25) is 5.82 Å². The SMILES string of the molecule is COc1cc(COc2nc(Br)cnc2NS(=O)(=O)c2ccc(C)cc2)cc(OC)c1. The van der Waals surface area contributed by atoms with E-state index < -0.39 is 10.0 Å². The van der Waals surface area contributed by atoms with Crippen molar-refractivity contribution < 1.29 is 22.6 Å². The van der Waals surface area contributed by atoms with Gasteiger partial charge in [-0.25, -0.2) is 18.4 Å². The van der Waals surface area contributed by atoms with Gasteiger partial charge in [0.15, 0.2) is 0 Å². The summed E-state index contributed by atoms with van der Waals surface area (Å²) in [5.41, 5.74) is 1.70. The number of nitrogens with zero attached hydrogens (tertiary/aromatic N) is 2. The quantitative estimate of drug-likeness (QED) is 0.506. The lowest BCUT2D eigenvalue weighted by atomic mass is 10.2. The highest BCUT2D eigenvalue weighted by Gasteiger charge is 2.19. The van der Waals surface area contributed by atoms with Crippen LogP contribution in [0.25, 0.3) is 0 Å². The third-order valence-corrected chi connectivity index (χ3v) is 5.80. The van der Waals surface area contributed by atoms with E-state index >= 15 is 0 Å². The molecule has 10 heteroatoms. The first-order valence-corrected chi connectivity index (χ1v) is 11.0. The number of hydrogen-bond acceptors (Lipinski definition) is 7. The van der Waals surface area contributed by atoms with E-state index in [1.54, 1.807) is 44.6 Å². The molecule has 0 aliphatic rings. The van der Waals surface area contributed by atoms with E-state index in [2.05, 4.69) is 30.6 Å². The summed E-state index contributed by atoms with van der Waals surface area (Å²) in [5, 5.41) is 0. The van der Waals surface area contributed by atoms with Crippen molar-refractivity contribution in [2.24, 2.45) is 0 Å². The van der Waals surface area contributed by atoms with E-state index in [1.165, 1.54) is 18.3 Å². The molecule has 8 nitrogen and oxygen atoms in total. The lowest BCUT2D eigenvalue weighted by Gasteiger charge is -2.13. The highest BCUT2D eigenvalue weighted by Crippen LogP contribution is 2.27. The first-order chi connectivity index (χ1) is 14.3. The van der Waals surface area contributed by atoms with Crippen LogP contribution in [0.1, 0.15) is 11.1 Å². The Morgan fingerprint density at radius 1 is 1.03 bits per heavy atom. The summed E-state index contributed by atoms with van der Waals surface area (Å²) in [5.74, 6) is 1.22. The maximum atomic E-state index is 12.7. The van der Waals surface area contributed by atoms with Crippen molar-refractivity contribution in [1.29, 1.82) is 0 Å². The fraction of sp³-hybridized carbons (Fsp3) is 0.200. The molecule has 0 radical (unpaired) electrons. The number of sulfonamides is 1. The summed E-state index contributed by atoms with van der Waals surface area (Å²) in [6.45, 7) is 1.97. The van der Waals surface area contributed by atoms with Crippen molar-refractivity contribution in [3.8, 4) is 17.4 Å². The molecule has 1 heterocycles. The molecule has 158 valence electrons. The number of ether oxygens (including phenoxy) is 3. The summed E-state index contributed by atoms with van der Waals surface area (Å²) < 4.78 is 44.5. The first-order valence-electron chi connectivity index (χ1n) is 8.77. The van der Waals surface area contributed by atoms with Gasteiger partial charge in [-0.1, -0.05) is 17.7 Å². The minimum Gasteiger partial charge on any atom is -0.497 e. The molecule has 0 unspecified atom stereocenters. The fourth-order valence-electron chi connectivity index (χ4n) is 2.53. The molecule has 0 spiro atoms. The fourth-order valence-corrected chi connectivity index (χ4v) is 3.80.